The van der Waals surface area contributed by atoms with Crippen molar-refractivity contribution in [3.63, 3.8) is 0 Å². The van der Waals surface area contributed by atoms with Crippen LogP contribution in [0.25, 0.3) is 21.5 Å². The zero-order valence-corrected chi connectivity index (χ0v) is 19.6. The van der Waals surface area contributed by atoms with Gasteiger partial charge in [-0.3, -0.25) is 25.2 Å². The molecule has 4 rings (SSSR count). The van der Waals surface area contributed by atoms with Gasteiger partial charge in [0.2, 0.25) is 5.91 Å². The van der Waals surface area contributed by atoms with Crippen LogP contribution in [-0.4, -0.2) is 42.1 Å². The number of fused-ring (bicyclic) bond motifs is 1. The quantitative estimate of drug-likeness (QED) is 0.305. The summed E-state index contributed by atoms with van der Waals surface area (Å²) in [6.07, 6.45) is 0. The lowest BCUT2D eigenvalue weighted by atomic mass is 10.1. The summed E-state index contributed by atoms with van der Waals surface area (Å²) in [6.45, 7) is 4.73. The summed E-state index contributed by atoms with van der Waals surface area (Å²) < 4.78 is 3.16. The number of hydrogen-bond acceptors (Lipinski definition) is 8. The first-order chi connectivity index (χ1) is 16.0. The zero-order valence-electron chi connectivity index (χ0n) is 17.9. The Kier molecular flexibility index (Phi) is 6.84. The number of hydrazine groups is 1. The number of nitrogens with zero attached hydrogens (tertiary/aromatic N) is 5. The number of nitrogens with one attached hydrogen (secondary N) is 2. The summed E-state index contributed by atoms with van der Waals surface area (Å²) in [4.78, 5) is 38.5. The average Bonchev–Trinajstić information content (AvgIpc) is 3.51. The molecule has 0 fully saturated rings. The second-order valence-electron chi connectivity index (χ2n) is 6.83. The Morgan fingerprint density at radius 2 is 1.82 bits per heavy atom. The normalized spacial score (nSPS) is 11.0. The number of hydrogen-bond donors (Lipinski definition) is 2. The molecule has 0 aliphatic carbocycles. The Balaban J connectivity index is 1.42. The van der Waals surface area contributed by atoms with Crippen molar-refractivity contribution in [2.45, 2.75) is 32.1 Å². The second kappa shape index (κ2) is 9.96. The van der Waals surface area contributed by atoms with Crippen molar-refractivity contribution in [1.29, 1.82) is 0 Å². The van der Waals surface area contributed by atoms with Crippen molar-refractivity contribution in [1.82, 2.24) is 35.4 Å². The fourth-order valence-electron chi connectivity index (χ4n) is 3.24. The van der Waals surface area contributed by atoms with E-state index >= 15 is 0 Å². The molecular weight excluding hydrogens is 462 g/mol. The summed E-state index contributed by atoms with van der Waals surface area (Å²) in [5.41, 5.74) is 4.57. The van der Waals surface area contributed by atoms with E-state index in [1.54, 1.807) is 42.5 Å². The summed E-state index contributed by atoms with van der Waals surface area (Å²) in [5, 5.41) is 16.0. The molecule has 1 aromatic carbocycles. The van der Waals surface area contributed by atoms with E-state index in [2.05, 4.69) is 26.1 Å². The van der Waals surface area contributed by atoms with Crippen LogP contribution in [0, 0.1) is 0 Å². The minimum atomic E-state index is -0.608. The van der Waals surface area contributed by atoms with E-state index < -0.39 is 11.8 Å². The highest BCUT2D eigenvalue weighted by Crippen LogP contribution is 2.27. The minimum Gasteiger partial charge on any atom is -0.302 e. The first kappa shape index (κ1) is 22.7. The van der Waals surface area contributed by atoms with E-state index in [1.165, 1.54) is 16.4 Å². The summed E-state index contributed by atoms with van der Waals surface area (Å²) in [6, 6.07) is 10.7. The summed E-state index contributed by atoms with van der Waals surface area (Å²) >= 11 is 2.80. The first-order valence-electron chi connectivity index (χ1n) is 10.2. The van der Waals surface area contributed by atoms with Gasteiger partial charge in [-0.1, -0.05) is 36.0 Å². The van der Waals surface area contributed by atoms with E-state index in [-0.39, 0.29) is 17.0 Å². The highest BCUT2D eigenvalue weighted by molar-refractivity contribution is 7.99. The number of aromatic nitrogens is 5. The lowest BCUT2D eigenvalue weighted by molar-refractivity contribution is -0.119. The van der Waals surface area contributed by atoms with Crippen LogP contribution in [0.5, 0.6) is 0 Å². The Morgan fingerprint density at radius 3 is 2.52 bits per heavy atom. The van der Waals surface area contributed by atoms with Crippen molar-refractivity contribution in [2.24, 2.45) is 0 Å². The molecule has 3 aromatic heterocycles. The van der Waals surface area contributed by atoms with Gasteiger partial charge in [-0.25, -0.2) is 4.68 Å². The maximum absolute atomic E-state index is 12.7. The van der Waals surface area contributed by atoms with Crippen LogP contribution in [0.4, 0.5) is 0 Å². The molecule has 0 atom stereocenters. The fourth-order valence-corrected chi connectivity index (χ4v) is 4.76. The number of benzene rings is 1. The van der Waals surface area contributed by atoms with Crippen molar-refractivity contribution >= 4 is 45.7 Å². The van der Waals surface area contributed by atoms with Gasteiger partial charge in [-0.2, -0.15) is 5.10 Å². The molecule has 2 N–H and O–H groups in total. The molecule has 4 aromatic rings. The molecule has 0 bridgehead atoms. The third kappa shape index (κ3) is 4.66. The van der Waals surface area contributed by atoms with Gasteiger partial charge in [0.25, 0.3) is 11.5 Å². The van der Waals surface area contributed by atoms with Crippen LogP contribution in [-0.2, 0) is 17.9 Å². The van der Waals surface area contributed by atoms with E-state index in [4.69, 9.17) is 0 Å². The minimum absolute atomic E-state index is 0.0332. The number of carbonyl (C=O) groups excluding carboxylic acids is 2. The van der Waals surface area contributed by atoms with Gasteiger partial charge in [0.15, 0.2) is 16.7 Å². The van der Waals surface area contributed by atoms with Crippen LogP contribution >= 0.6 is 23.1 Å². The van der Waals surface area contributed by atoms with Crippen LogP contribution < -0.4 is 16.4 Å². The van der Waals surface area contributed by atoms with E-state index in [0.717, 1.165) is 10.7 Å². The van der Waals surface area contributed by atoms with Gasteiger partial charge < -0.3 is 4.57 Å². The molecule has 33 heavy (non-hydrogen) atoms. The molecule has 2 amide bonds. The molecule has 0 saturated carbocycles. The topological polar surface area (TPSA) is 124 Å². The van der Waals surface area contributed by atoms with Gasteiger partial charge in [-0.15, -0.1) is 21.5 Å². The largest absolute Gasteiger partial charge is 0.302 e. The van der Waals surface area contributed by atoms with Crippen molar-refractivity contribution in [3.05, 3.63) is 57.8 Å². The van der Waals surface area contributed by atoms with Gasteiger partial charge in [-0.05, 0) is 31.4 Å². The molecule has 3 heterocycles. The SMILES string of the molecule is CCn1c(SCC(=O)NNC(=O)c2nn(CC)c(=O)c3ccccc23)nnc1-c1cccs1. The van der Waals surface area contributed by atoms with Crippen molar-refractivity contribution in [2.75, 3.05) is 5.75 Å². The lowest BCUT2D eigenvalue weighted by Crippen LogP contribution is -2.43. The molecule has 0 saturated heterocycles. The van der Waals surface area contributed by atoms with Crippen LogP contribution in [0.1, 0.15) is 24.3 Å². The highest BCUT2D eigenvalue weighted by atomic mass is 32.2. The summed E-state index contributed by atoms with van der Waals surface area (Å²) in [7, 11) is 0. The Bertz CT molecular complexity index is 1360. The monoisotopic (exact) mass is 483 g/mol. The van der Waals surface area contributed by atoms with Gasteiger partial charge >= 0.3 is 0 Å². The molecule has 170 valence electrons. The Labute approximate surface area is 197 Å². The number of aryl methyl sites for hydroxylation is 1. The third-order valence-corrected chi connectivity index (χ3v) is 6.64. The standard InChI is InChI=1S/C21H21N7O3S2/c1-3-27-18(15-10-7-11-32-15)23-25-21(27)33-12-16(29)22-24-19(30)17-13-8-5-6-9-14(13)20(31)28(4-2)26-17/h5-11H,3-4,12H2,1-2H3,(H,22,29)(H,24,30). The molecule has 12 heteroatoms. The third-order valence-electron chi connectivity index (χ3n) is 4.80. The number of rotatable bonds is 7. The molecule has 0 radical (unpaired) electrons. The maximum atomic E-state index is 12.7. The molecular formula is C21H21N7O3S2. The zero-order chi connectivity index (χ0) is 23.4. The molecule has 0 unspecified atom stereocenters. The van der Waals surface area contributed by atoms with Gasteiger partial charge in [0.1, 0.15) is 0 Å². The predicted octanol–water partition coefficient (Wildman–Crippen LogP) is 2.31. The van der Waals surface area contributed by atoms with Crippen LogP contribution in [0.2, 0.25) is 0 Å². The molecule has 10 nitrogen and oxygen atoms in total. The van der Waals surface area contributed by atoms with Gasteiger partial charge in [0, 0.05) is 18.5 Å². The van der Waals surface area contributed by atoms with Crippen LogP contribution in [0.3, 0.4) is 0 Å². The second-order valence-corrected chi connectivity index (χ2v) is 8.72. The number of thiophene rings is 1. The van der Waals surface area contributed by atoms with E-state index in [1.807, 2.05) is 29.0 Å². The number of amides is 2. The Hall–Kier alpha value is -3.51. The molecule has 0 aliphatic heterocycles. The first-order valence-corrected chi connectivity index (χ1v) is 12.1. The van der Waals surface area contributed by atoms with Gasteiger partial charge in [0.05, 0.1) is 16.0 Å². The lowest BCUT2D eigenvalue weighted by Gasteiger charge is -2.11. The van der Waals surface area contributed by atoms with E-state index in [0.29, 0.717) is 29.0 Å². The number of thioether (sulfide) groups is 1. The van der Waals surface area contributed by atoms with Crippen molar-refractivity contribution < 1.29 is 9.59 Å². The van der Waals surface area contributed by atoms with Crippen molar-refractivity contribution in [3.8, 4) is 10.7 Å². The number of carbonyl (C=O) groups is 2. The maximum Gasteiger partial charge on any atom is 0.290 e. The molecule has 0 spiro atoms. The predicted molar refractivity (Wildman–Crippen MR) is 127 cm³/mol. The smallest absolute Gasteiger partial charge is 0.290 e. The van der Waals surface area contributed by atoms with Crippen LogP contribution in [0.15, 0.2) is 51.7 Å². The summed E-state index contributed by atoms with van der Waals surface area (Å²) in [5.74, 6) is -0.230. The highest BCUT2D eigenvalue weighted by Gasteiger charge is 2.18. The Morgan fingerprint density at radius 1 is 1.03 bits per heavy atom. The van der Waals surface area contributed by atoms with E-state index in [9.17, 15) is 14.4 Å². The fraction of sp³-hybridized carbons (Fsp3) is 0.238. The average molecular weight is 484 g/mol. The molecule has 0 aliphatic rings.